The number of rotatable bonds is 4. The molecular weight excluding hydrogens is 407 g/mol. The van der Waals surface area contributed by atoms with Crippen molar-refractivity contribution in [3.05, 3.63) is 59.4 Å². The van der Waals surface area contributed by atoms with Crippen molar-refractivity contribution < 1.29 is 22.3 Å². The van der Waals surface area contributed by atoms with Gasteiger partial charge in [-0.2, -0.15) is 4.31 Å². The Bertz CT molecular complexity index is 1060. The highest BCUT2D eigenvalue weighted by atomic mass is 32.2. The number of amides is 1. The second kappa shape index (κ2) is 8.35. The van der Waals surface area contributed by atoms with Gasteiger partial charge in [0.2, 0.25) is 15.9 Å². The summed E-state index contributed by atoms with van der Waals surface area (Å²) in [4.78, 5) is 14.8. The van der Waals surface area contributed by atoms with Gasteiger partial charge in [-0.1, -0.05) is 24.3 Å². The lowest BCUT2D eigenvalue weighted by molar-refractivity contribution is -0.137. The third-order valence-electron chi connectivity index (χ3n) is 5.92. The molecule has 0 unspecified atom stereocenters. The molecular formula is C22H25FN2O4S. The van der Waals surface area contributed by atoms with Crippen LogP contribution in [0.15, 0.2) is 47.4 Å². The SMILES string of the molecule is COc1ccc(F)cc1S(=O)(=O)N1CCC[C@@H](C(=O)N2CCc3ccccc3C2)C1. The fourth-order valence-corrected chi connectivity index (χ4v) is 5.99. The summed E-state index contributed by atoms with van der Waals surface area (Å²) < 4.78 is 46.5. The Morgan fingerprint density at radius 3 is 2.67 bits per heavy atom. The van der Waals surface area contributed by atoms with Crippen LogP contribution in [-0.4, -0.2) is 50.3 Å². The minimum Gasteiger partial charge on any atom is -0.495 e. The summed E-state index contributed by atoms with van der Waals surface area (Å²) >= 11 is 0. The molecule has 0 aromatic heterocycles. The Morgan fingerprint density at radius 2 is 1.90 bits per heavy atom. The number of fused-ring (bicyclic) bond motifs is 1. The number of halogens is 1. The van der Waals surface area contributed by atoms with Crippen molar-refractivity contribution in [3.8, 4) is 5.75 Å². The third kappa shape index (κ3) is 3.94. The van der Waals surface area contributed by atoms with Crippen LogP contribution in [0.25, 0.3) is 0 Å². The van der Waals surface area contributed by atoms with Gasteiger partial charge in [-0.3, -0.25) is 4.79 Å². The second-order valence-corrected chi connectivity index (χ2v) is 9.68. The van der Waals surface area contributed by atoms with Crippen molar-refractivity contribution >= 4 is 15.9 Å². The van der Waals surface area contributed by atoms with E-state index in [1.54, 1.807) is 0 Å². The molecule has 6 nitrogen and oxygen atoms in total. The van der Waals surface area contributed by atoms with Crippen LogP contribution < -0.4 is 4.74 Å². The molecule has 2 heterocycles. The summed E-state index contributed by atoms with van der Waals surface area (Å²) in [6.07, 6.45) is 2.03. The Labute approximate surface area is 176 Å². The van der Waals surface area contributed by atoms with E-state index in [0.29, 0.717) is 32.5 Å². The van der Waals surface area contributed by atoms with Crippen LogP contribution in [0.2, 0.25) is 0 Å². The van der Waals surface area contributed by atoms with E-state index < -0.39 is 21.8 Å². The molecule has 8 heteroatoms. The maximum absolute atomic E-state index is 13.8. The summed E-state index contributed by atoms with van der Waals surface area (Å²) in [6, 6.07) is 11.5. The summed E-state index contributed by atoms with van der Waals surface area (Å²) in [5.74, 6) is -0.975. The minimum atomic E-state index is -3.98. The first-order valence-corrected chi connectivity index (χ1v) is 11.5. The van der Waals surface area contributed by atoms with Gasteiger partial charge in [0.25, 0.3) is 0 Å². The van der Waals surface area contributed by atoms with E-state index in [-0.39, 0.29) is 23.1 Å². The zero-order valence-electron chi connectivity index (χ0n) is 16.9. The predicted octanol–water partition coefficient (Wildman–Crippen LogP) is 2.82. The zero-order chi connectivity index (χ0) is 21.3. The van der Waals surface area contributed by atoms with E-state index in [1.165, 1.54) is 23.0 Å². The Hall–Kier alpha value is -2.45. The number of ether oxygens (including phenoxy) is 1. The highest BCUT2D eigenvalue weighted by Crippen LogP contribution is 2.31. The molecule has 0 spiro atoms. The van der Waals surface area contributed by atoms with Crippen LogP contribution in [0.1, 0.15) is 24.0 Å². The lowest BCUT2D eigenvalue weighted by Gasteiger charge is -2.36. The van der Waals surface area contributed by atoms with Gasteiger partial charge in [0, 0.05) is 26.2 Å². The first-order valence-electron chi connectivity index (χ1n) is 10.1. The Kier molecular flexibility index (Phi) is 5.79. The number of sulfonamides is 1. The van der Waals surface area contributed by atoms with E-state index in [9.17, 15) is 17.6 Å². The molecule has 1 fully saturated rings. The monoisotopic (exact) mass is 432 g/mol. The average molecular weight is 433 g/mol. The predicted molar refractivity (Wildman–Crippen MR) is 110 cm³/mol. The summed E-state index contributed by atoms with van der Waals surface area (Å²) in [6.45, 7) is 1.58. The fourth-order valence-electron chi connectivity index (χ4n) is 4.30. The van der Waals surface area contributed by atoms with Crippen molar-refractivity contribution in [1.82, 2.24) is 9.21 Å². The van der Waals surface area contributed by atoms with Crippen molar-refractivity contribution in [2.45, 2.75) is 30.7 Å². The molecule has 2 aromatic carbocycles. The molecule has 0 saturated carbocycles. The molecule has 1 saturated heterocycles. The molecule has 2 aliphatic heterocycles. The van der Waals surface area contributed by atoms with Crippen LogP contribution in [0.4, 0.5) is 4.39 Å². The van der Waals surface area contributed by atoms with E-state index in [4.69, 9.17) is 4.74 Å². The fraction of sp³-hybridized carbons (Fsp3) is 0.409. The van der Waals surface area contributed by atoms with Gasteiger partial charge in [-0.05, 0) is 48.6 Å². The quantitative estimate of drug-likeness (QED) is 0.745. The highest BCUT2D eigenvalue weighted by molar-refractivity contribution is 7.89. The van der Waals surface area contributed by atoms with Crippen LogP contribution in [0.3, 0.4) is 0 Å². The number of nitrogens with zero attached hydrogens (tertiary/aromatic N) is 2. The molecule has 1 amide bonds. The van der Waals surface area contributed by atoms with Gasteiger partial charge in [0.1, 0.15) is 16.5 Å². The van der Waals surface area contributed by atoms with Crippen LogP contribution in [0.5, 0.6) is 5.75 Å². The van der Waals surface area contributed by atoms with Crippen molar-refractivity contribution in [3.63, 3.8) is 0 Å². The summed E-state index contributed by atoms with van der Waals surface area (Å²) in [7, 11) is -2.63. The van der Waals surface area contributed by atoms with Crippen molar-refractivity contribution in [2.24, 2.45) is 5.92 Å². The van der Waals surface area contributed by atoms with E-state index in [2.05, 4.69) is 6.07 Å². The van der Waals surface area contributed by atoms with Crippen molar-refractivity contribution in [2.75, 3.05) is 26.7 Å². The Balaban J connectivity index is 1.52. The maximum Gasteiger partial charge on any atom is 0.246 e. The normalized spacial score (nSPS) is 19.9. The number of methoxy groups -OCH3 is 1. The van der Waals surface area contributed by atoms with E-state index >= 15 is 0 Å². The van der Waals surface area contributed by atoms with Gasteiger partial charge in [0.05, 0.1) is 13.0 Å². The van der Waals surface area contributed by atoms with Gasteiger partial charge in [-0.25, -0.2) is 12.8 Å². The standard InChI is InChI=1S/C22H25FN2O4S/c1-29-20-9-8-19(23)13-21(20)30(27,28)25-11-4-7-18(15-25)22(26)24-12-10-16-5-2-3-6-17(16)14-24/h2-3,5-6,8-9,13,18H,4,7,10-12,14-15H2,1H3/t18-/m1/s1. The number of hydrogen-bond donors (Lipinski definition) is 0. The molecule has 2 aliphatic rings. The number of carbonyl (C=O) groups excluding carboxylic acids is 1. The third-order valence-corrected chi connectivity index (χ3v) is 7.81. The zero-order valence-corrected chi connectivity index (χ0v) is 17.7. The molecule has 4 rings (SSSR count). The van der Waals surface area contributed by atoms with Crippen LogP contribution >= 0.6 is 0 Å². The molecule has 0 radical (unpaired) electrons. The van der Waals surface area contributed by atoms with Gasteiger partial charge >= 0.3 is 0 Å². The van der Waals surface area contributed by atoms with Gasteiger partial charge in [0.15, 0.2) is 0 Å². The topological polar surface area (TPSA) is 66.9 Å². The number of piperidine rings is 1. The Morgan fingerprint density at radius 1 is 1.13 bits per heavy atom. The average Bonchev–Trinajstić information content (AvgIpc) is 2.78. The van der Waals surface area contributed by atoms with Gasteiger partial charge in [-0.15, -0.1) is 0 Å². The number of hydrogen-bond acceptors (Lipinski definition) is 4. The molecule has 1 atom stereocenters. The van der Waals surface area contributed by atoms with Gasteiger partial charge < -0.3 is 9.64 Å². The first kappa shape index (κ1) is 20.8. The lowest BCUT2D eigenvalue weighted by Crippen LogP contribution is -2.47. The summed E-state index contributed by atoms with van der Waals surface area (Å²) in [5, 5.41) is 0. The van der Waals surface area contributed by atoms with E-state index in [1.807, 2.05) is 23.1 Å². The van der Waals surface area contributed by atoms with Crippen LogP contribution in [0, 0.1) is 11.7 Å². The minimum absolute atomic E-state index is 0.0180. The van der Waals surface area contributed by atoms with E-state index in [0.717, 1.165) is 24.1 Å². The first-order chi connectivity index (χ1) is 14.4. The van der Waals surface area contributed by atoms with Crippen molar-refractivity contribution in [1.29, 1.82) is 0 Å². The largest absolute Gasteiger partial charge is 0.495 e. The van der Waals surface area contributed by atoms with Crippen LogP contribution in [-0.2, 0) is 27.8 Å². The molecule has 2 aromatic rings. The number of carbonyl (C=O) groups is 1. The highest BCUT2D eigenvalue weighted by Gasteiger charge is 2.37. The molecule has 160 valence electrons. The lowest BCUT2D eigenvalue weighted by atomic mass is 9.95. The molecule has 30 heavy (non-hydrogen) atoms. The smallest absolute Gasteiger partial charge is 0.246 e. The number of benzene rings is 2. The second-order valence-electron chi connectivity index (χ2n) is 7.78. The molecule has 0 N–H and O–H groups in total. The molecule has 0 aliphatic carbocycles. The maximum atomic E-state index is 13.8. The molecule has 0 bridgehead atoms. The summed E-state index contributed by atoms with van der Waals surface area (Å²) in [5.41, 5.74) is 2.40.